The van der Waals surface area contributed by atoms with E-state index in [2.05, 4.69) is 15.1 Å². The molecule has 0 radical (unpaired) electrons. The summed E-state index contributed by atoms with van der Waals surface area (Å²) in [5.74, 6) is 0. The van der Waals surface area contributed by atoms with Crippen LogP contribution in [-0.4, -0.2) is 30.6 Å². The molecule has 0 saturated carbocycles. The van der Waals surface area contributed by atoms with Gasteiger partial charge in [-0.05, 0) is 24.3 Å². The van der Waals surface area contributed by atoms with Gasteiger partial charge in [-0.3, -0.25) is 0 Å². The number of benzene rings is 1. The summed E-state index contributed by atoms with van der Waals surface area (Å²) in [4.78, 5) is 8.41. The average Bonchev–Trinajstić information content (AvgIpc) is 3.24. The minimum atomic E-state index is -2.56. The first kappa shape index (κ1) is 16.7. The van der Waals surface area contributed by atoms with E-state index in [1.165, 1.54) is 21.6 Å². The number of nitriles is 1. The Morgan fingerprint density at radius 2 is 2.04 bits per heavy atom. The summed E-state index contributed by atoms with van der Waals surface area (Å²) in [6.07, 6.45) is 0.199. The van der Waals surface area contributed by atoms with Crippen LogP contribution in [-0.2, 0) is 6.54 Å². The van der Waals surface area contributed by atoms with Gasteiger partial charge in [0.2, 0.25) is 0 Å². The summed E-state index contributed by atoms with van der Waals surface area (Å²) in [6, 6.07) is 12.3. The number of nitrogens with two attached hydrogens (primary N) is 1. The molecule has 0 amide bonds. The molecule has 0 bridgehead atoms. The van der Waals surface area contributed by atoms with Gasteiger partial charge in [-0.15, -0.1) is 0 Å². The van der Waals surface area contributed by atoms with Gasteiger partial charge in [0.1, 0.15) is 11.8 Å². The molecular weight excluding hydrogens is 352 g/mol. The largest absolute Gasteiger partial charge is 0.399 e. The SMILES string of the molecule is N#Cc1cnc2ccc(-c3c(-c4cccc(N)c4)ncn3CC(F)F)nn12. The van der Waals surface area contributed by atoms with Gasteiger partial charge in [-0.1, -0.05) is 12.1 Å². The van der Waals surface area contributed by atoms with Gasteiger partial charge in [0.05, 0.1) is 30.5 Å². The highest BCUT2D eigenvalue weighted by Gasteiger charge is 2.19. The second-order valence-electron chi connectivity index (χ2n) is 5.85. The molecule has 0 saturated heterocycles. The predicted molar refractivity (Wildman–Crippen MR) is 94.8 cm³/mol. The molecular formula is C18H13F2N7. The van der Waals surface area contributed by atoms with Crippen molar-refractivity contribution in [3.05, 3.63) is 54.6 Å². The normalized spacial score (nSPS) is 11.2. The van der Waals surface area contributed by atoms with Crippen LogP contribution in [0.2, 0.25) is 0 Å². The van der Waals surface area contributed by atoms with Crippen molar-refractivity contribution in [3.63, 3.8) is 0 Å². The lowest BCUT2D eigenvalue weighted by Gasteiger charge is -2.10. The molecule has 0 aliphatic rings. The number of aromatic nitrogens is 5. The number of hydrogen-bond donors (Lipinski definition) is 1. The number of fused-ring (bicyclic) bond motifs is 1. The van der Waals surface area contributed by atoms with Crippen molar-refractivity contribution in [2.45, 2.75) is 13.0 Å². The lowest BCUT2D eigenvalue weighted by atomic mass is 10.1. The number of alkyl halides is 2. The van der Waals surface area contributed by atoms with Gasteiger partial charge in [-0.25, -0.2) is 23.3 Å². The molecule has 3 heterocycles. The molecule has 1 aromatic carbocycles. The molecule has 27 heavy (non-hydrogen) atoms. The van der Waals surface area contributed by atoms with Crippen molar-refractivity contribution in [2.24, 2.45) is 0 Å². The van der Waals surface area contributed by atoms with Gasteiger partial charge in [0, 0.05) is 11.3 Å². The zero-order chi connectivity index (χ0) is 19.0. The van der Waals surface area contributed by atoms with E-state index < -0.39 is 13.0 Å². The third-order valence-electron chi connectivity index (χ3n) is 4.05. The minimum absolute atomic E-state index is 0.247. The lowest BCUT2D eigenvalue weighted by molar-refractivity contribution is 0.127. The molecule has 3 aromatic heterocycles. The van der Waals surface area contributed by atoms with Crippen LogP contribution in [0.25, 0.3) is 28.3 Å². The van der Waals surface area contributed by atoms with E-state index in [-0.39, 0.29) is 5.69 Å². The van der Waals surface area contributed by atoms with Crippen molar-refractivity contribution in [2.75, 3.05) is 5.73 Å². The Bertz CT molecular complexity index is 1170. The van der Waals surface area contributed by atoms with E-state index in [1.54, 1.807) is 36.4 Å². The predicted octanol–water partition coefficient (Wildman–Crippen LogP) is 2.98. The molecule has 0 unspecified atom stereocenters. The topological polar surface area (TPSA) is 97.8 Å². The maximum atomic E-state index is 13.1. The Kier molecular flexibility index (Phi) is 4.01. The minimum Gasteiger partial charge on any atom is -0.399 e. The highest BCUT2D eigenvalue weighted by Crippen LogP contribution is 2.31. The van der Waals surface area contributed by atoms with Crippen LogP contribution < -0.4 is 5.73 Å². The first-order valence-electron chi connectivity index (χ1n) is 8.01. The fourth-order valence-corrected chi connectivity index (χ4v) is 2.91. The Balaban J connectivity index is 1.95. The van der Waals surface area contributed by atoms with Crippen LogP contribution in [0.3, 0.4) is 0 Å². The first-order valence-corrected chi connectivity index (χ1v) is 8.01. The molecule has 7 nitrogen and oxygen atoms in total. The highest BCUT2D eigenvalue weighted by atomic mass is 19.3. The second-order valence-corrected chi connectivity index (χ2v) is 5.85. The van der Waals surface area contributed by atoms with Crippen molar-refractivity contribution in [1.82, 2.24) is 24.1 Å². The Morgan fingerprint density at radius 1 is 1.19 bits per heavy atom. The molecule has 0 atom stereocenters. The number of halogens is 2. The molecule has 4 rings (SSSR count). The summed E-state index contributed by atoms with van der Waals surface area (Å²) in [6.45, 7) is -0.528. The monoisotopic (exact) mass is 365 g/mol. The van der Waals surface area contributed by atoms with Crippen molar-refractivity contribution in [3.8, 4) is 28.7 Å². The Labute approximate surface area is 152 Å². The van der Waals surface area contributed by atoms with Crippen LogP contribution in [0.15, 0.2) is 48.9 Å². The molecule has 0 aliphatic heterocycles. The van der Waals surface area contributed by atoms with Gasteiger partial charge in [0.25, 0.3) is 6.43 Å². The van der Waals surface area contributed by atoms with E-state index >= 15 is 0 Å². The second kappa shape index (κ2) is 6.49. The molecule has 0 spiro atoms. The quantitative estimate of drug-likeness (QED) is 0.561. The smallest absolute Gasteiger partial charge is 0.256 e. The summed E-state index contributed by atoms with van der Waals surface area (Å²) >= 11 is 0. The first-order chi connectivity index (χ1) is 13.1. The molecule has 9 heteroatoms. The number of nitrogens with zero attached hydrogens (tertiary/aromatic N) is 6. The van der Waals surface area contributed by atoms with Gasteiger partial charge in [0.15, 0.2) is 11.3 Å². The molecule has 134 valence electrons. The van der Waals surface area contributed by atoms with Crippen LogP contribution in [0, 0.1) is 11.3 Å². The summed E-state index contributed by atoms with van der Waals surface area (Å²) in [5, 5.41) is 13.6. The number of anilines is 1. The zero-order valence-corrected chi connectivity index (χ0v) is 13.9. The summed E-state index contributed by atoms with van der Waals surface area (Å²) in [7, 11) is 0. The van der Waals surface area contributed by atoms with Crippen LogP contribution in [0.5, 0.6) is 0 Å². The summed E-state index contributed by atoms with van der Waals surface area (Å²) in [5.41, 5.74) is 9.10. The maximum Gasteiger partial charge on any atom is 0.256 e. The highest BCUT2D eigenvalue weighted by molar-refractivity contribution is 5.78. The van der Waals surface area contributed by atoms with Crippen molar-refractivity contribution >= 4 is 11.3 Å². The van der Waals surface area contributed by atoms with Crippen molar-refractivity contribution < 1.29 is 8.78 Å². The molecule has 0 fully saturated rings. The van der Waals surface area contributed by atoms with E-state index in [0.717, 1.165) is 0 Å². The van der Waals surface area contributed by atoms with Crippen molar-refractivity contribution in [1.29, 1.82) is 5.26 Å². The van der Waals surface area contributed by atoms with Gasteiger partial charge < -0.3 is 10.3 Å². The fourth-order valence-electron chi connectivity index (χ4n) is 2.91. The van der Waals surface area contributed by atoms with Crippen LogP contribution >= 0.6 is 0 Å². The summed E-state index contributed by atoms with van der Waals surface area (Å²) < 4.78 is 28.9. The van der Waals surface area contributed by atoms with E-state index in [9.17, 15) is 14.0 Å². The standard InChI is InChI=1S/C18H13F2N7/c19-15(20)9-26-10-24-17(11-2-1-3-12(22)6-11)18(26)14-4-5-16-23-8-13(7-21)27(16)25-14/h1-6,8,10,15H,9,22H2. The van der Waals surface area contributed by atoms with E-state index in [4.69, 9.17) is 5.73 Å². The van der Waals surface area contributed by atoms with Gasteiger partial charge in [-0.2, -0.15) is 10.4 Å². The molecule has 2 N–H and O–H groups in total. The van der Waals surface area contributed by atoms with Gasteiger partial charge >= 0.3 is 0 Å². The third-order valence-corrected chi connectivity index (χ3v) is 4.05. The zero-order valence-electron chi connectivity index (χ0n) is 13.9. The lowest BCUT2D eigenvalue weighted by Crippen LogP contribution is -2.08. The number of rotatable bonds is 4. The molecule has 0 aliphatic carbocycles. The van der Waals surface area contributed by atoms with Crippen LogP contribution in [0.1, 0.15) is 5.69 Å². The number of nitrogen functional groups attached to an aromatic ring is 1. The molecule has 4 aromatic rings. The average molecular weight is 365 g/mol. The number of hydrogen-bond acceptors (Lipinski definition) is 5. The van der Waals surface area contributed by atoms with E-state index in [0.29, 0.717) is 34.0 Å². The third kappa shape index (κ3) is 2.97. The Hall–Kier alpha value is -3.80. The maximum absolute atomic E-state index is 13.1. The van der Waals surface area contributed by atoms with Crippen LogP contribution in [0.4, 0.5) is 14.5 Å². The Morgan fingerprint density at radius 3 is 2.78 bits per heavy atom. The van der Waals surface area contributed by atoms with E-state index in [1.807, 2.05) is 6.07 Å². The fraction of sp³-hybridized carbons (Fsp3) is 0.111. The number of imidazole rings is 2.